The van der Waals surface area contributed by atoms with E-state index in [1.54, 1.807) is 4.90 Å². The molecule has 2 fully saturated rings. The Morgan fingerprint density at radius 1 is 1.39 bits per heavy atom. The molecule has 3 N–H and O–H groups in total. The molecule has 2 rings (SSSR count). The van der Waals surface area contributed by atoms with Crippen LogP contribution in [0.1, 0.15) is 25.7 Å². The molecule has 0 aromatic heterocycles. The molecule has 2 saturated heterocycles. The number of hydrogen-bond acceptors (Lipinski definition) is 4. The van der Waals surface area contributed by atoms with Crippen LogP contribution in [0.5, 0.6) is 0 Å². The highest BCUT2D eigenvalue weighted by molar-refractivity contribution is 5.83. The number of primary amides is 1. The van der Waals surface area contributed by atoms with E-state index < -0.39 is 6.10 Å². The molecule has 2 amide bonds. The lowest BCUT2D eigenvalue weighted by molar-refractivity contribution is -0.149. The molecule has 2 atom stereocenters. The van der Waals surface area contributed by atoms with Crippen LogP contribution >= 0.6 is 0 Å². The van der Waals surface area contributed by atoms with Crippen LogP contribution in [0.3, 0.4) is 0 Å². The Labute approximate surface area is 107 Å². The van der Waals surface area contributed by atoms with Gasteiger partial charge in [-0.15, -0.1) is 0 Å². The van der Waals surface area contributed by atoms with Gasteiger partial charge in [0, 0.05) is 32.1 Å². The van der Waals surface area contributed by atoms with Crippen LogP contribution in [0.15, 0.2) is 0 Å². The average Bonchev–Trinajstić information content (AvgIpc) is 2.39. The topological polar surface area (TPSA) is 84.7 Å². The van der Waals surface area contributed by atoms with E-state index in [0.717, 1.165) is 25.8 Å². The molecule has 6 heteroatoms. The fourth-order valence-electron chi connectivity index (χ4n) is 2.64. The van der Waals surface area contributed by atoms with Crippen molar-refractivity contribution in [2.45, 2.75) is 37.8 Å². The molecule has 2 aliphatic rings. The molecule has 0 unspecified atom stereocenters. The third kappa shape index (κ3) is 3.20. The first-order chi connectivity index (χ1) is 8.68. The van der Waals surface area contributed by atoms with Gasteiger partial charge in [0.2, 0.25) is 5.91 Å². The fraction of sp³-hybridized carbons (Fsp3) is 0.833. The Balaban J connectivity index is 1.98. The molecule has 0 aliphatic carbocycles. The minimum absolute atomic E-state index is 0.00634. The third-order valence-corrected chi connectivity index (χ3v) is 3.55. The zero-order valence-corrected chi connectivity index (χ0v) is 10.6. The summed E-state index contributed by atoms with van der Waals surface area (Å²) >= 11 is 0. The van der Waals surface area contributed by atoms with Crippen LogP contribution in [0.4, 0.5) is 0 Å². The maximum Gasteiger partial charge on any atom is 0.253 e. The predicted molar refractivity (Wildman–Crippen MR) is 65.8 cm³/mol. The van der Waals surface area contributed by atoms with Crippen LogP contribution in [0.2, 0.25) is 0 Å². The molecule has 0 radical (unpaired) electrons. The van der Waals surface area contributed by atoms with Crippen molar-refractivity contribution in [2.75, 3.05) is 26.2 Å². The number of amides is 2. The van der Waals surface area contributed by atoms with Crippen molar-refractivity contribution in [3.63, 3.8) is 0 Å². The Hall–Kier alpha value is -1.14. The van der Waals surface area contributed by atoms with E-state index in [1.165, 1.54) is 0 Å². The van der Waals surface area contributed by atoms with E-state index in [0.29, 0.717) is 19.7 Å². The maximum atomic E-state index is 12.4. The predicted octanol–water partition coefficient (Wildman–Crippen LogP) is -0.769. The molecule has 102 valence electrons. The number of nitrogens with two attached hydrogens (primary N) is 1. The molecule has 0 bridgehead atoms. The van der Waals surface area contributed by atoms with Gasteiger partial charge in [-0.3, -0.25) is 9.59 Å². The SMILES string of the molecule is NC(=O)C[C@@H]1CCCCN1C(=O)[C@@H]1CNCCO1. The first-order valence-electron chi connectivity index (χ1n) is 6.59. The highest BCUT2D eigenvalue weighted by Gasteiger charge is 2.33. The van der Waals surface area contributed by atoms with E-state index in [2.05, 4.69) is 5.32 Å². The summed E-state index contributed by atoms with van der Waals surface area (Å²) in [4.78, 5) is 25.2. The zero-order chi connectivity index (χ0) is 13.0. The number of hydrogen-bond donors (Lipinski definition) is 2. The summed E-state index contributed by atoms with van der Waals surface area (Å²) in [5, 5.41) is 3.15. The van der Waals surface area contributed by atoms with Gasteiger partial charge in [0.05, 0.1) is 6.61 Å². The number of morpholine rings is 1. The molecule has 2 aliphatic heterocycles. The number of rotatable bonds is 3. The van der Waals surface area contributed by atoms with Crippen molar-refractivity contribution in [1.82, 2.24) is 10.2 Å². The van der Waals surface area contributed by atoms with Gasteiger partial charge >= 0.3 is 0 Å². The van der Waals surface area contributed by atoms with E-state index in [9.17, 15) is 9.59 Å². The number of carbonyl (C=O) groups excluding carboxylic acids is 2. The first-order valence-corrected chi connectivity index (χ1v) is 6.59. The molecule has 0 aromatic carbocycles. The molecule has 6 nitrogen and oxygen atoms in total. The van der Waals surface area contributed by atoms with Crippen LogP contribution < -0.4 is 11.1 Å². The van der Waals surface area contributed by atoms with Crippen molar-refractivity contribution in [2.24, 2.45) is 5.73 Å². The highest BCUT2D eigenvalue weighted by atomic mass is 16.5. The van der Waals surface area contributed by atoms with Gasteiger partial charge in [0.15, 0.2) is 0 Å². The van der Waals surface area contributed by atoms with Gasteiger partial charge in [0.1, 0.15) is 6.10 Å². The van der Waals surface area contributed by atoms with Crippen molar-refractivity contribution in [1.29, 1.82) is 0 Å². The summed E-state index contributed by atoms with van der Waals surface area (Å²) in [6, 6.07) is -0.0470. The van der Waals surface area contributed by atoms with Crippen LogP contribution in [0.25, 0.3) is 0 Å². The van der Waals surface area contributed by atoms with Gasteiger partial charge in [-0.2, -0.15) is 0 Å². The first kappa shape index (κ1) is 13.3. The van der Waals surface area contributed by atoms with Crippen molar-refractivity contribution in [3.05, 3.63) is 0 Å². The normalized spacial score (nSPS) is 29.0. The molecule has 0 aromatic rings. The van der Waals surface area contributed by atoms with E-state index in [-0.39, 0.29) is 24.3 Å². The second-order valence-corrected chi connectivity index (χ2v) is 4.92. The molecule has 18 heavy (non-hydrogen) atoms. The standard InChI is InChI=1S/C12H21N3O3/c13-11(16)7-9-3-1-2-5-15(9)12(17)10-8-14-4-6-18-10/h9-10,14H,1-8H2,(H2,13,16)/t9-,10-/m0/s1. The van der Waals surface area contributed by atoms with E-state index >= 15 is 0 Å². The summed E-state index contributed by atoms with van der Waals surface area (Å²) in [5.74, 6) is -0.351. The molecule has 0 spiro atoms. The van der Waals surface area contributed by atoms with Gasteiger partial charge < -0.3 is 20.7 Å². The number of likely N-dealkylation sites (tertiary alicyclic amines) is 1. The molecular weight excluding hydrogens is 234 g/mol. The largest absolute Gasteiger partial charge is 0.370 e. The number of carbonyl (C=O) groups is 2. The summed E-state index contributed by atoms with van der Waals surface area (Å²) in [7, 11) is 0. The van der Waals surface area contributed by atoms with Crippen molar-refractivity contribution >= 4 is 11.8 Å². The zero-order valence-electron chi connectivity index (χ0n) is 10.6. The Bertz CT molecular complexity index is 316. The quantitative estimate of drug-likeness (QED) is 0.693. The van der Waals surface area contributed by atoms with Crippen LogP contribution in [-0.2, 0) is 14.3 Å². The average molecular weight is 255 g/mol. The summed E-state index contributed by atoms with van der Waals surface area (Å²) < 4.78 is 5.48. The molecule has 2 heterocycles. The van der Waals surface area contributed by atoms with E-state index in [1.807, 2.05) is 0 Å². The minimum Gasteiger partial charge on any atom is -0.370 e. The lowest BCUT2D eigenvalue weighted by Crippen LogP contribution is -2.54. The van der Waals surface area contributed by atoms with Gasteiger partial charge in [-0.1, -0.05) is 0 Å². The maximum absolute atomic E-state index is 12.4. The van der Waals surface area contributed by atoms with Crippen molar-refractivity contribution < 1.29 is 14.3 Å². The fourth-order valence-corrected chi connectivity index (χ4v) is 2.64. The number of nitrogens with one attached hydrogen (secondary N) is 1. The van der Waals surface area contributed by atoms with Gasteiger partial charge in [-0.05, 0) is 19.3 Å². The Morgan fingerprint density at radius 3 is 2.89 bits per heavy atom. The summed E-state index contributed by atoms with van der Waals surface area (Å²) in [5.41, 5.74) is 5.24. The third-order valence-electron chi connectivity index (χ3n) is 3.55. The van der Waals surface area contributed by atoms with Crippen molar-refractivity contribution in [3.8, 4) is 0 Å². The number of ether oxygens (including phenoxy) is 1. The van der Waals surface area contributed by atoms with Crippen LogP contribution in [-0.4, -0.2) is 55.1 Å². The smallest absolute Gasteiger partial charge is 0.253 e. The lowest BCUT2D eigenvalue weighted by atomic mass is 9.98. The number of nitrogens with zero attached hydrogens (tertiary/aromatic N) is 1. The second kappa shape index (κ2) is 6.15. The molecule has 0 saturated carbocycles. The monoisotopic (exact) mass is 255 g/mol. The Kier molecular flexibility index (Phi) is 4.54. The van der Waals surface area contributed by atoms with Gasteiger partial charge in [-0.25, -0.2) is 0 Å². The van der Waals surface area contributed by atoms with Crippen LogP contribution in [0, 0.1) is 0 Å². The summed E-state index contributed by atoms with van der Waals surface area (Å²) in [6.07, 6.45) is 2.74. The van der Waals surface area contributed by atoms with E-state index in [4.69, 9.17) is 10.5 Å². The lowest BCUT2D eigenvalue weighted by Gasteiger charge is -2.38. The highest BCUT2D eigenvalue weighted by Crippen LogP contribution is 2.21. The second-order valence-electron chi connectivity index (χ2n) is 4.92. The minimum atomic E-state index is -0.410. The van der Waals surface area contributed by atoms with Gasteiger partial charge in [0.25, 0.3) is 5.91 Å². The molecular formula is C12H21N3O3. The number of piperidine rings is 1. The Morgan fingerprint density at radius 2 is 2.22 bits per heavy atom. The summed E-state index contributed by atoms with van der Waals surface area (Å²) in [6.45, 7) is 2.61.